The normalized spacial score (nSPS) is 16.1. The molecule has 2 amide bonds. The zero-order valence-corrected chi connectivity index (χ0v) is 16.2. The van der Waals surface area contributed by atoms with Crippen LogP contribution < -0.4 is 10.2 Å². The number of hydrogen-bond donors (Lipinski definition) is 1. The molecule has 6 nitrogen and oxygen atoms in total. The van der Waals surface area contributed by atoms with Gasteiger partial charge in [-0.2, -0.15) is 0 Å². The molecule has 146 valence electrons. The van der Waals surface area contributed by atoms with E-state index < -0.39 is 11.9 Å². The molecule has 1 fully saturated rings. The van der Waals surface area contributed by atoms with Gasteiger partial charge in [0.1, 0.15) is 0 Å². The van der Waals surface area contributed by atoms with Gasteiger partial charge in [-0.05, 0) is 48.9 Å². The van der Waals surface area contributed by atoms with Gasteiger partial charge in [0.25, 0.3) is 0 Å². The number of ether oxygens (including phenoxy) is 1. The fraction of sp³-hybridized carbons (Fsp3) is 0.286. The number of nitrogens with one attached hydrogen (secondary N) is 1. The maximum absolute atomic E-state index is 12.6. The average molecular weight is 401 g/mol. The average Bonchev–Trinajstić information content (AvgIpc) is 3.09. The van der Waals surface area contributed by atoms with Gasteiger partial charge in [0, 0.05) is 29.4 Å². The number of benzene rings is 2. The Morgan fingerprint density at radius 1 is 1.21 bits per heavy atom. The topological polar surface area (TPSA) is 75.7 Å². The van der Waals surface area contributed by atoms with E-state index in [1.165, 1.54) is 0 Å². The minimum absolute atomic E-state index is 0.112. The molecule has 7 heteroatoms. The van der Waals surface area contributed by atoms with Gasteiger partial charge in [-0.15, -0.1) is 0 Å². The summed E-state index contributed by atoms with van der Waals surface area (Å²) < 4.78 is 5.11. The Balaban J connectivity index is 1.64. The van der Waals surface area contributed by atoms with E-state index in [1.54, 1.807) is 53.4 Å². The molecule has 2 aromatic carbocycles. The van der Waals surface area contributed by atoms with Crippen molar-refractivity contribution in [1.82, 2.24) is 0 Å². The molecule has 1 unspecified atom stereocenters. The van der Waals surface area contributed by atoms with Crippen LogP contribution in [0.5, 0.6) is 0 Å². The fourth-order valence-corrected chi connectivity index (χ4v) is 3.13. The Hall–Kier alpha value is -2.86. The van der Waals surface area contributed by atoms with Gasteiger partial charge in [-0.25, -0.2) is 4.79 Å². The Bertz CT molecular complexity index is 882. The zero-order chi connectivity index (χ0) is 20.1. The zero-order valence-electron chi connectivity index (χ0n) is 15.5. The molecule has 0 saturated carbocycles. The van der Waals surface area contributed by atoms with Gasteiger partial charge in [-0.3, -0.25) is 9.59 Å². The van der Waals surface area contributed by atoms with E-state index in [0.717, 1.165) is 6.42 Å². The molecule has 1 atom stereocenters. The third-order valence-corrected chi connectivity index (χ3v) is 4.69. The van der Waals surface area contributed by atoms with Crippen molar-refractivity contribution in [2.45, 2.75) is 19.8 Å². The number of esters is 1. The lowest BCUT2D eigenvalue weighted by Crippen LogP contribution is -2.28. The summed E-state index contributed by atoms with van der Waals surface area (Å²) in [5.41, 5.74) is 1.58. The summed E-state index contributed by atoms with van der Waals surface area (Å²) in [5, 5.41) is 3.38. The molecule has 0 spiro atoms. The van der Waals surface area contributed by atoms with Crippen LogP contribution in [0.2, 0.25) is 5.02 Å². The van der Waals surface area contributed by atoms with Crippen LogP contribution in [0.4, 0.5) is 11.4 Å². The lowest BCUT2D eigenvalue weighted by atomic mass is 10.1. The first-order valence-corrected chi connectivity index (χ1v) is 9.49. The van der Waals surface area contributed by atoms with Crippen LogP contribution in [-0.4, -0.2) is 30.9 Å². The molecule has 0 bridgehead atoms. The second-order valence-electron chi connectivity index (χ2n) is 6.59. The first-order valence-electron chi connectivity index (χ1n) is 9.12. The summed E-state index contributed by atoms with van der Waals surface area (Å²) in [6, 6.07) is 13.5. The summed E-state index contributed by atoms with van der Waals surface area (Å²) in [4.78, 5) is 38.5. The predicted octanol–water partition coefficient (Wildman–Crippen LogP) is 3.90. The number of carbonyl (C=O) groups excluding carboxylic acids is 3. The van der Waals surface area contributed by atoms with Crippen molar-refractivity contribution in [3.8, 4) is 0 Å². The first kappa shape index (κ1) is 19.9. The highest BCUT2D eigenvalue weighted by atomic mass is 35.5. The maximum atomic E-state index is 12.6. The smallest absolute Gasteiger partial charge is 0.338 e. The van der Waals surface area contributed by atoms with Gasteiger partial charge in [0.15, 0.2) is 0 Å². The summed E-state index contributed by atoms with van der Waals surface area (Å²) in [6.07, 6.45) is 0.870. The largest absolute Gasteiger partial charge is 0.462 e. The molecule has 0 aliphatic carbocycles. The molecular weight excluding hydrogens is 380 g/mol. The summed E-state index contributed by atoms with van der Waals surface area (Å²) in [6.45, 7) is 2.56. The molecule has 2 aromatic rings. The van der Waals surface area contributed by atoms with E-state index in [1.807, 2.05) is 6.92 Å². The van der Waals surface area contributed by atoms with Crippen LogP contribution in [0, 0.1) is 5.92 Å². The van der Waals surface area contributed by atoms with Crippen molar-refractivity contribution in [3.05, 3.63) is 59.1 Å². The van der Waals surface area contributed by atoms with Crippen LogP contribution >= 0.6 is 11.6 Å². The van der Waals surface area contributed by atoms with Gasteiger partial charge in [0.05, 0.1) is 18.1 Å². The fourth-order valence-electron chi connectivity index (χ4n) is 3.00. The van der Waals surface area contributed by atoms with Crippen LogP contribution in [-0.2, 0) is 14.3 Å². The van der Waals surface area contributed by atoms with E-state index in [0.29, 0.717) is 35.1 Å². The predicted molar refractivity (Wildman–Crippen MR) is 108 cm³/mol. The van der Waals surface area contributed by atoms with Gasteiger partial charge in [0.2, 0.25) is 11.8 Å². The van der Waals surface area contributed by atoms with Crippen LogP contribution in [0.3, 0.4) is 0 Å². The Morgan fingerprint density at radius 3 is 2.68 bits per heavy atom. The summed E-state index contributed by atoms with van der Waals surface area (Å²) >= 11 is 5.89. The van der Waals surface area contributed by atoms with E-state index in [4.69, 9.17) is 16.3 Å². The second kappa shape index (κ2) is 8.89. The highest BCUT2D eigenvalue weighted by molar-refractivity contribution is 6.30. The lowest BCUT2D eigenvalue weighted by molar-refractivity contribution is -0.122. The quantitative estimate of drug-likeness (QED) is 0.746. The Labute approximate surface area is 168 Å². The van der Waals surface area contributed by atoms with Crippen LogP contribution in [0.25, 0.3) is 0 Å². The third-order valence-electron chi connectivity index (χ3n) is 4.44. The van der Waals surface area contributed by atoms with E-state index in [9.17, 15) is 14.4 Å². The first-order chi connectivity index (χ1) is 13.5. The van der Waals surface area contributed by atoms with E-state index in [-0.39, 0.29) is 18.2 Å². The SMILES string of the molecule is CCCOC(=O)c1cccc(NC(=O)C2CC(=O)N(c3ccc(Cl)cc3)C2)c1. The molecule has 0 radical (unpaired) electrons. The van der Waals surface area contributed by atoms with Crippen molar-refractivity contribution >= 4 is 40.8 Å². The lowest BCUT2D eigenvalue weighted by Gasteiger charge is -2.17. The highest BCUT2D eigenvalue weighted by Gasteiger charge is 2.35. The number of rotatable bonds is 6. The molecule has 1 saturated heterocycles. The van der Waals surface area contributed by atoms with Crippen molar-refractivity contribution in [3.63, 3.8) is 0 Å². The minimum Gasteiger partial charge on any atom is -0.462 e. The number of hydrogen-bond acceptors (Lipinski definition) is 4. The number of carbonyl (C=O) groups is 3. The molecular formula is C21H21ClN2O4. The molecule has 0 aromatic heterocycles. The Morgan fingerprint density at radius 2 is 1.96 bits per heavy atom. The monoisotopic (exact) mass is 400 g/mol. The number of nitrogens with zero attached hydrogens (tertiary/aromatic N) is 1. The highest BCUT2D eigenvalue weighted by Crippen LogP contribution is 2.27. The molecule has 3 rings (SSSR count). The van der Waals surface area contributed by atoms with Crippen LogP contribution in [0.1, 0.15) is 30.1 Å². The summed E-state index contributed by atoms with van der Waals surface area (Å²) in [7, 11) is 0. The molecule has 1 N–H and O–H groups in total. The van der Waals surface area contributed by atoms with E-state index >= 15 is 0 Å². The third kappa shape index (κ3) is 4.70. The molecule has 28 heavy (non-hydrogen) atoms. The molecule has 1 aliphatic heterocycles. The number of anilines is 2. The van der Waals surface area contributed by atoms with Gasteiger partial charge in [-0.1, -0.05) is 24.6 Å². The second-order valence-corrected chi connectivity index (χ2v) is 7.02. The molecule has 1 aliphatic rings. The van der Waals surface area contributed by atoms with E-state index in [2.05, 4.69) is 5.32 Å². The van der Waals surface area contributed by atoms with Crippen molar-refractivity contribution in [1.29, 1.82) is 0 Å². The summed E-state index contributed by atoms with van der Waals surface area (Å²) in [5.74, 6) is -1.27. The number of halogens is 1. The minimum atomic E-state index is -0.473. The van der Waals surface area contributed by atoms with Crippen molar-refractivity contribution in [2.24, 2.45) is 5.92 Å². The Kier molecular flexibility index (Phi) is 6.31. The van der Waals surface area contributed by atoms with Gasteiger partial charge < -0.3 is 15.0 Å². The van der Waals surface area contributed by atoms with Crippen LogP contribution in [0.15, 0.2) is 48.5 Å². The molecule has 1 heterocycles. The van der Waals surface area contributed by atoms with Crippen molar-refractivity contribution < 1.29 is 19.1 Å². The standard InChI is InChI=1S/C21H21ClN2O4/c1-2-10-28-21(27)14-4-3-5-17(11-14)23-20(26)15-12-19(25)24(13-15)18-8-6-16(22)7-9-18/h3-9,11,15H,2,10,12-13H2,1H3,(H,23,26). The van der Waals surface area contributed by atoms with Gasteiger partial charge >= 0.3 is 5.97 Å². The maximum Gasteiger partial charge on any atom is 0.338 e. The van der Waals surface area contributed by atoms with Crippen molar-refractivity contribution in [2.75, 3.05) is 23.4 Å². The number of amides is 2.